The van der Waals surface area contributed by atoms with Crippen LogP contribution in [0.1, 0.15) is 11.7 Å². The Labute approximate surface area is 166 Å². The van der Waals surface area contributed by atoms with Gasteiger partial charge in [0.25, 0.3) is 5.91 Å². The number of pyridine rings is 1. The number of aromatic nitrogens is 1. The number of aliphatic hydroxyl groups is 1. The number of benzene rings is 1. The van der Waals surface area contributed by atoms with Crippen molar-refractivity contribution in [2.75, 3.05) is 6.67 Å². The summed E-state index contributed by atoms with van der Waals surface area (Å²) in [5.74, 6) is 2.58. The van der Waals surface area contributed by atoms with Gasteiger partial charge >= 0.3 is 0 Å². The Morgan fingerprint density at radius 2 is 1.85 bits per heavy atom. The average molecular weight is 434 g/mol. The minimum Gasteiger partial charge on any atom is -0.386 e. The van der Waals surface area contributed by atoms with E-state index in [-0.39, 0.29) is 5.03 Å². The van der Waals surface area contributed by atoms with Crippen molar-refractivity contribution in [3.05, 3.63) is 48.2 Å². The summed E-state index contributed by atoms with van der Waals surface area (Å²) in [6.45, 7) is -0.996. The zero-order valence-electron chi connectivity index (χ0n) is 14.0. The van der Waals surface area contributed by atoms with Crippen molar-refractivity contribution >= 4 is 44.7 Å². The lowest BCUT2D eigenvalue weighted by atomic mass is 9.99. The second-order valence-corrected chi connectivity index (χ2v) is 8.72. The molecule has 0 aliphatic carbocycles. The zero-order chi connectivity index (χ0) is 20.2. The number of carbonyl (C=O) groups excluding carboxylic acids is 1. The molecule has 146 valence electrons. The Hall–Kier alpha value is -1.71. The minimum absolute atomic E-state index is 0.191. The van der Waals surface area contributed by atoms with Crippen LogP contribution in [0.25, 0.3) is 11.1 Å². The summed E-state index contributed by atoms with van der Waals surface area (Å²) in [6.07, 6.45) is 0.220. The van der Waals surface area contributed by atoms with Gasteiger partial charge in [-0.25, -0.2) is 13.6 Å². The SMILES string of the molecule is C=S(N)(=O)c1ccc(-c2ccc(C(O)C(CF)NC(=O)C(Cl)Cl)cc2)cn1. The van der Waals surface area contributed by atoms with Gasteiger partial charge in [0.1, 0.15) is 17.8 Å². The van der Waals surface area contributed by atoms with Crippen LogP contribution in [0.2, 0.25) is 0 Å². The number of rotatable bonds is 7. The van der Waals surface area contributed by atoms with E-state index in [4.69, 9.17) is 28.3 Å². The Balaban J connectivity index is 2.17. The van der Waals surface area contributed by atoms with E-state index in [2.05, 4.69) is 16.2 Å². The number of hydrogen-bond acceptors (Lipinski definition) is 4. The van der Waals surface area contributed by atoms with E-state index >= 15 is 0 Å². The fourth-order valence-electron chi connectivity index (χ4n) is 2.31. The standard InChI is InChI=1S/C17H18Cl2FN3O3S/c1-27(21,26)14-7-6-12(9-22-14)10-2-4-11(5-3-10)15(24)13(8-20)23-17(25)16(18)19/h2-7,9,13,15-16,24H,1,8H2,(H2,21,26)(H,23,25). The normalized spacial score (nSPS) is 15.8. The summed E-state index contributed by atoms with van der Waals surface area (Å²) in [7, 11) is -2.88. The summed E-state index contributed by atoms with van der Waals surface area (Å²) in [5.41, 5.74) is 1.89. The highest BCUT2D eigenvalue weighted by Gasteiger charge is 2.25. The van der Waals surface area contributed by atoms with Gasteiger partial charge in [0, 0.05) is 11.8 Å². The number of alkyl halides is 3. The fraction of sp³-hybridized carbons (Fsp3) is 0.235. The number of hydrogen-bond donors (Lipinski definition) is 3. The van der Waals surface area contributed by atoms with E-state index in [1.54, 1.807) is 30.3 Å². The van der Waals surface area contributed by atoms with Crippen molar-refractivity contribution in [1.29, 1.82) is 0 Å². The third kappa shape index (κ3) is 5.63. The van der Waals surface area contributed by atoms with Crippen LogP contribution in [0.4, 0.5) is 4.39 Å². The number of carbonyl (C=O) groups is 1. The van der Waals surface area contributed by atoms with Crippen LogP contribution in [0, 0.1) is 0 Å². The molecule has 0 bridgehead atoms. The Morgan fingerprint density at radius 3 is 2.30 bits per heavy atom. The molecular formula is C17H18Cl2FN3O3S. The number of halogens is 3. The number of nitrogens with one attached hydrogen (secondary N) is 1. The monoisotopic (exact) mass is 433 g/mol. The molecule has 0 radical (unpaired) electrons. The Morgan fingerprint density at radius 1 is 1.26 bits per heavy atom. The summed E-state index contributed by atoms with van der Waals surface area (Å²) in [6, 6.07) is 8.61. The fourth-order valence-corrected chi connectivity index (χ4v) is 2.96. The molecule has 10 heteroatoms. The van der Waals surface area contributed by atoms with Crippen molar-refractivity contribution < 1.29 is 18.5 Å². The van der Waals surface area contributed by atoms with E-state index in [0.717, 1.165) is 11.1 Å². The highest BCUT2D eigenvalue weighted by atomic mass is 35.5. The molecule has 3 atom stereocenters. The van der Waals surface area contributed by atoms with Gasteiger partial charge in [-0.1, -0.05) is 53.5 Å². The molecule has 27 heavy (non-hydrogen) atoms. The molecule has 2 aromatic rings. The van der Waals surface area contributed by atoms with Gasteiger partial charge in [0.2, 0.25) is 0 Å². The number of aliphatic hydroxyl groups excluding tert-OH is 1. The average Bonchev–Trinajstić information content (AvgIpc) is 2.64. The molecule has 0 aliphatic heterocycles. The summed E-state index contributed by atoms with van der Waals surface area (Å²) >= 11 is 10.8. The van der Waals surface area contributed by atoms with Crippen molar-refractivity contribution in [3.63, 3.8) is 0 Å². The molecule has 0 aliphatic rings. The molecular weight excluding hydrogens is 416 g/mol. The predicted molar refractivity (Wildman–Crippen MR) is 106 cm³/mol. The topological polar surface area (TPSA) is 105 Å². The highest BCUT2D eigenvalue weighted by molar-refractivity contribution is 7.98. The first-order valence-electron chi connectivity index (χ1n) is 7.67. The first-order valence-corrected chi connectivity index (χ1v) is 10.3. The zero-order valence-corrected chi connectivity index (χ0v) is 16.3. The van der Waals surface area contributed by atoms with Crippen LogP contribution in [0.3, 0.4) is 0 Å². The molecule has 1 aromatic carbocycles. The first-order chi connectivity index (χ1) is 12.6. The third-order valence-corrected chi connectivity index (χ3v) is 5.10. The quantitative estimate of drug-likeness (QED) is 0.458. The van der Waals surface area contributed by atoms with E-state index in [9.17, 15) is 18.5 Å². The van der Waals surface area contributed by atoms with Crippen molar-refractivity contribution in [3.8, 4) is 11.1 Å². The smallest absolute Gasteiger partial charge is 0.253 e. The third-order valence-electron chi connectivity index (χ3n) is 3.75. The van der Waals surface area contributed by atoms with Crippen LogP contribution < -0.4 is 10.5 Å². The maximum absolute atomic E-state index is 13.2. The number of nitrogens with two attached hydrogens (primary N) is 1. The molecule has 0 fully saturated rings. The van der Waals surface area contributed by atoms with Gasteiger partial charge in [-0.15, -0.1) is 0 Å². The predicted octanol–water partition coefficient (Wildman–Crippen LogP) is 1.99. The van der Waals surface area contributed by atoms with E-state index in [0.29, 0.717) is 5.56 Å². The van der Waals surface area contributed by atoms with Crippen molar-refractivity contribution in [2.45, 2.75) is 22.0 Å². The molecule has 0 spiro atoms. The molecule has 0 saturated heterocycles. The van der Waals surface area contributed by atoms with E-state index < -0.39 is 39.3 Å². The van der Waals surface area contributed by atoms with Crippen LogP contribution in [0.15, 0.2) is 47.6 Å². The molecule has 0 saturated carbocycles. The van der Waals surface area contributed by atoms with Crippen LogP contribution in [0.5, 0.6) is 0 Å². The van der Waals surface area contributed by atoms with Crippen molar-refractivity contribution in [2.24, 2.45) is 5.14 Å². The first kappa shape index (κ1) is 21.6. The van der Waals surface area contributed by atoms with Crippen LogP contribution in [-0.2, 0) is 14.5 Å². The Kier molecular flexibility index (Phi) is 7.19. The summed E-state index contributed by atoms with van der Waals surface area (Å²) in [5, 5.41) is 18.2. The van der Waals surface area contributed by atoms with E-state index in [1.807, 2.05) is 0 Å². The molecule has 1 heterocycles. The van der Waals surface area contributed by atoms with E-state index in [1.165, 1.54) is 12.3 Å². The Bertz CT molecular complexity index is 891. The van der Waals surface area contributed by atoms with Gasteiger partial charge < -0.3 is 10.4 Å². The van der Waals surface area contributed by atoms with Gasteiger partial charge in [-0.2, -0.15) is 0 Å². The lowest BCUT2D eigenvalue weighted by Gasteiger charge is -2.22. The maximum Gasteiger partial charge on any atom is 0.253 e. The molecule has 2 rings (SSSR count). The van der Waals surface area contributed by atoms with Gasteiger partial charge in [0.05, 0.1) is 15.7 Å². The van der Waals surface area contributed by atoms with Gasteiger partial charge in [-0.05, 0) is 23.1 Å². The van der Waals surface area contributed by atoms with Gasteiger partial charge in [0.15, 0.2) is 4.84 Å². The number of nitrogens with zero attached hydrogens (tertiary/aromatic N) is 1. The molecule has 3 unspecified atom stereocenters. The number of amides is 1. The van der Waals surface area contributed by atoms with Crippen LogP contribution >= 0.6 is 23.2 Å². The highest BCUT2D eigenvalue weighted by Crippen LogP contribution is 2.24. The maximum atomic E-state index is 13.2. The van der Waals surface area contributed by atoms with Gasteiger partial charge in [-0.3, -0.25) is 9.93 Å². The molecule has 4 N–H and O–H groups in total. The molecule has 1 aromatic heterocycles. The van der Waals surface area contributed by atoms with Crippen LogP contribution in [-0.4, -0.2) is 43.6 Å². The second kappa shape index (κ2) is 8.99. The largest absolute Gasteiger partial charge is 0.386 e. The second-order valence-electron chi connectivity index (χ2n) is 5.75. The minimum atomic E-state index is -2.88. The molecule has 1 amide bonds. The lowest BCUT2D eigenvalue weighted by Crippen LogP contribution is -2.43. The molecule has 6 nitrogen and oxygen atoms in total. The summed E-state index contributed by atoms with van der Waals surface area (Å²) in [4.78, 5) is 14.2. The lowest BCUT2D eigenvalue weighted by molar-refractivity contribution is -0.121. The summed E-state index contributed by atoms with van der Waals surface area (Å²) < 4.78 is 24.9. The van der Waals surface area contributed by atoms with Crippen molar-refractivity contribution in [1.82, 2.24) is 10.3 Å².